The summed E-state index contributed by atoms with van der Waals surface area (Å²) in [5.74, 6) is 4.09. The molecule has 20 heavy (non-hydrogen) atoms. The molecule has 1 aliphatic heterocycles. The van der Waals surface area contributed by atoms with E-state index < -0.39 is 0 Å². The minimum atomic E-state index is 0.485. The Bertz CT molecular complexity index is 414. The summed E-state index contributed by atoms with van der Waals surface area (Å²) in [6.07, 6.45) is 1.18. The summed E-state index contributed by atoms with van der Waals surface area (Å²) in [6, 6.07) is 4.53. The number of hydrogen-bond acceptors (Lipinski definition) is 4. The van der Waals surface area contributed by atoms with E-state index in [-0.39, 0.29) is 0 Å². The van der Waals surface area contributed by atoms with E-state index in [1.54, 1.807) is 0 Å². The number of anilines is 1. The molecule has 1 N–H and O–H groups in total. The first-order valence-electron chi connectivity index (χ1n) is 7.75. The van der Waals surface area contributed by atoms with E-state index in [1.807, 2.05) is 11.8 Å². The van der Waals surface area contributed by atoms with Crippen molar-refractivity contribution in [3.8, 4) is 0 Å². The maximum Gasteiger partial charge on any atom is 0.129 e. The van der Waals surface area contributed by atoms with E-state index in [4.69, 9.17) is 4.98 Å². The maximum atomic E-state index is 4.87. The van der Waals surface area contributed by atoms with Crippen LogP contribution in [0.5, 0.6) is 0 Å². The molecule has 2 heterocycles. The van der Waals surface area contributed by atoms with Crippen LogP contribution in [0.4, 0.5) is 5.82 Å². The van der Waals surface area contributed by atoms with Gasteiger partial charge in [0.1, 0.15) is 5.82 Å². The van der Waals surface area contributed by atoms with E-state index in [9.17, 15) is 0 Å². The molecule has 0 unspecified atom stereocenters. The third kappa shape index (κ3) is 4.38. The highest BCUT2D eigenvalue weighted by Gasteiger charge is 2.15. The lowest BCUT2D eigenvalue weighted by molar-refractivity contribution is 0.671. The molecular weight excluding hydrogens is 266 g/mol. The smallest absolute Gasteiger partial charge is 0.129 e. The summed E-state index contributed by atoms with van der Waals surface area (Å²) in [6.45, 7) is 10.9. The van der Waals surface area contributed by atoms with Crippen molar-refractivity contribution in [2.45, 2.75) is 39.7 Å². The Labute approximate surface area is 127 Å². The van der Waals surface area contributed by atoms with Crippen molar-refractivity contribution in [2.24, 2.45) is 0 Å². The Balaban J connectivity index is 2.16. The van der Waals surface area contributed by atoms with E-state index >= 15 is 0 Å². The highest BCUT2D eigenvalue weighted by atomic mass is 32.2. The van der Waals surface area contributed by atoms with E-state index in [1.165, 1.54) is 35.0 Å². The van der Waals surface area contributed by atoms with Crippen LogP contribution in [0.1, 0.15) is 44.4 Å². The first-order chi connectivity index (χ1) is 9.70. The van der Waals surface area contributed by atoms with Crippen molar-refractivity contribution in [3.05, 3.63) is 23.4 Å². The van der Waals surface area contributed by atoms with Gasteiger partial charge in [0, 0.05) is 36.8 Å². The summed E-state index contributed by atoms with van der Waals surface area (Å²) in [5, 5.41) is 3.50. The van der Waals surface area contributed by atoms with Gasteiger partial charge in [0.05, 0.1) is 0 Å². The Morgan fingerprint density at radius 2 is 2.05 bits per heavy atom. The third-order valence-corrected chi connectivity index (χ3v) is 4.52. The molecule has 1 aromatic rings. The van der Waals surface area contributed by atoms with Gasteiger partial charge in [0.15, 0.2) is 0 Å². The van der Waals surface area contributed by atoms with Crippen LogP contribution in [0.3, 0.4) is 0 Å². The van der Waals surface area contributed by atoms with Crippen molar-refractivity contribution >= 4 is 17.6 Å². The second kappa shape index (κ2) is 7.89. The molecular formula is C16H27N3S. The minimum Gasteiger partial charge on any atom is -0.355 e. The molecule has 0 saturated carbocycles. The second-order valence-electron chi connectivity index (χ2n) is 5.69. The van der Waals surface area contributed by atoms with Crippen molar-refractivity contribution in [1.82, 2.24) is 10.3 Å². The Morgan fingerprint density at radius 1 is 1.30 bits per heavy atom. The molecule has 0 radical (unpaired) electrons. The predicted octanol–water partition coefficient (Wildman–Crippen LogP) is 3.26. The maximum absolute atomic E-state index is 4.87. The van der Waals surface area contributed by atoms with Gasteiger partial charge in [-0.25, -0.2) is 4.98 Å². The van der Waals surface area contributed by atoms with Gasteiger partial charge in [-0.1, -0.05) is 20.8 Å². The normalized spacial score (nSPS) is 15.9. The van der Waals surface area contributed by atoms with Gasteiger partial charge < -0.3 is 10.2 Å². The number of rotatable bonds is 6. The van der Waals surface area contributed by atoms with Crippen molar-refractivity contribution in [2.75, 3.05) is 36.0 Å². The fourth-order valence-corrected chi connectivity index (χ4v) is 3.26. The molecule has 0 aromatic carbocycles. The van der Waals surface area contributed by atoms with Gasteiger partial charge in [0.2, 0.25) is 0 Å². The first kappa shape index (κ1) is 15.6. The molecule has 112 valence electrons. The Hall–Kier alpha value is -0.740. The van der Waals surface area contributed by atoms with Crippen LogP contribution in [0.25, 0.3) is 0 Å². The van der Waals surface area contributed by atoms with Crippen LogP contribution in [0.15, 0.2) is 12.1 Å². The molecule has 0 bridgehead atoms. The third-order valence-electron chi connectivity index (χ3n) is 3.57. The van der Waals surface area contributed by atoms with E-state index in [0.717, 1.165) is 26.2 Å². The first-order valence-corrected chi connectivity index (χ1v) is 8.90. The van der Waals surface area contributed by atoms with Crippen molar-refractivity contribution < 1.29 is 0 Å². The fraction of sp³-hybridized carbons (Fsp3) is 0.688. The molecule has 0 aliphatic carbocycles. The zero-order chi connectivity index (χ0) is 14.4. The van der Waals surface area contributed by atoms with Crippen LogP contribution < -0.4 is 10.2 Å². The second-order valence-corrected chi connectivity index (χ2v) is 6.91. The quantitative estimate of drug-likeness (QED) is 0.815. The molecule has 0 atom stereocenters. The summed E-state index contributed by atoms with van der Waals surface area (Å²) >= 11 is 2.04. The van der Waals surface area contributed by atoms with Crippen molar-refractivity contribution in [1.29, 1.82) is 0 Å². The molecule has 0 spiro atoms. The van der Waals surface area contributed by atoms with Gasteiger partial charge in [-0.2, -0.15) is 11.8 Å². The summed E-state index contributed by atoms with van der Waals surface area (Å²) in [5.41, 5.74) is 2.58. The molecule has 1 aromatic heterocycles. The van der Waals surface area contributed by atoms with Gasteiger partial charge in [-0.05, 0) is 36.6 Å². The number of nitrogens with one attached hydrogen (secondary N) is 1. The molecule has 2 rings (SSSR count). The average molecular weight is 293 g/mol. The monoisotopic (exact) mass is 293 g/mol. The number of hydrogen-bond donors (Lipinski definition) is 1. The molecule has 1 fully saturated rings. The molecule has 1 aliphatic rings. The van der Waals surface area contributed by atoms with Crippen LogP contribution in [-0.4, -0.2) is 36.1 Å². The van der Waals surface area contributed by atoms with Crippen LogP contribution in [0, 0.1) is 0 Å². The predicted molar refractivity (Wildman–Crippen MR) is 89.9 cm³/mol. The lowest BCUT2D eigenvalue weighted by atomic mass is 10.1. The van der Waals surface area contributed by atoms with Gasteiger partial charge in [-0.15, -0.1) is 0 Å². The average Bonchev–Trinajstić information content (AvgIpc) is 2.48. The topological polar surface area (TPSA) is 28.2 Å². The Kier molecular flexibility index (Phi) is 6.17. The van der Waals surface area contributed by atoms with Gasteiger partial charge >= 0.3 is 0 Å². The largest absolute Gasteiger partial charge is 0.355 e. The van der Waals surface area contributed by atoms with E-state index in [2.05, 4.69) is 43.1 Å². The highest BCUT2D eigenvalue weighted by Crippen LogP contribution is 2.22. The summed E-state index contributed by atoms with van der Waals surface area (Å²) in [7, 11) is 0. The number of aromatic nitrogens is 1. The lowest BCUT2D eigenvalue weighted by Crippen LogP contribution is -2.33. The highest BCUT2D eigenvalue weighted by molar-refractivity contribution is 7.99. The van der Waals surface area contributed by atoms with Gasteiger partial charge in [-0.3, -0.25) is 0 Å². The number of nitrogens with zero attached hydrogens (tertiary/aromatic N) is 2. The zero-order valence-corrected chi connectivity index (χ0v) is 13.8. The molecule has 3 nitrogen and oxygen atoms in total. The molecule has 1 saturated heterocycles. The van der Waals surface area contributed by atoms with Crippen LogP contribution >= 0.6 is 11.8 Å². The van der Waals surface area contributed by atoms with Crippen LogP contribution in [0.2, 0.25) is 0 Å². The van der Waals surface area contributed by atoms with Crippen LogP contribution in [-0.2, 0) is 6.54 Å². The SMILES string of the molecule is CCCNCc1cc(C(C)C)nc(N2CCSCC2)c1. The zero-order valence-electron chi connectivity index (χ0n) is 13.0. The molecule has 4 heteroatoms. The van der Waals surface area contributed by atoms with E-state index in [0.29, 0.717) is 5.92 Å². The molecule has 0 amide bonds. The number of thioether (sulfide) groups is 1. The fourth-order valence-electron chi connectivity index (χ4n) is 2.36. The lowest BCUT2D eigenvalue weighted by Gasteiger charge is -2.28. The summed E-state index contributed by atoms with van der Waals surface area (Å²) in [4.78, 5) is 7.31. The Morgan fingerprint density at radius 3 is 2.70 bits per heavy atom. The summed E-state index contributed by atoms with van der Waals surface area (Å²) < 4.78 is 0. The standard InChI is InChI=1S/C16H27N3S/c1-4-5-17-12-14-10-15(13(2)3)18-16(11-14)19-6-8-20-9-7-19/h10-11,13,17H,4-9,12H2,1-3H3. The van der Waals surface area contributed by atoms with Gasteiger partial charge in [0.25, 0.3) is 0 Å². The number of pyridine rings is 1. The van der Waals surface area contributed by atoms with Crippen molar-refractivity contribution in [3.63, 3.8) is 0 Å². The minimum absolute atomic E-state index is 0.485.